The Bertz CT molecular complexity index is 1140. The van der Waals surface area contributed by atoms with Gasteiger partial charge in [-0.2, -0.15) is 13.2 Å². The van der Waals surface area contributed by atoms with Gasteiger partial charge >= 0.3 is 6.18 Å². The molecule has 0 aliphatic carbocycles. The predicted octanol–water partition coefficient (Wildman–Crippen LogP) is 5.93. The molecule has 0 N–H and O–H groups in total. The molecule has 148 valence electrons. The molecule has 2 heterocycles. The molecule has 2 aromatic carbocycles. The highest BCUT2D eigenvalue weighted by Crippen LogP contribution is 2.32. The number of hydrogen-bond acceptors (Lipinski definition) is 3. The first-order valence-corrected chi connectivity index (χ1v) is 9.72. The molecule has 0 amide bonds. The van der Waals surface area contributed by atoms with Gasteiger partial charge in [-0.1, -0.05) is 42.1 Å². The van der Waals surface area contributed by atoms with Gasteiger partial charge in [0, 0.05) is 11.9 Å². The Morgan fingerprint density at radius 3 is 2.52 bits per heavy atom. The molecule has 0 bridgehead atoms. The number of imidazole rings is 1. The number of fused-ring (bicyclic) bond motifs is 1. The van der Waals surface area contributed by atoms with Gasteiger partial charge in [0.05, 0.1) is 29.3 Å². The van der Waals surface area contributed by atoms with Gasteiger partial charge in [-0.3, -0.25) is 4.98 Å². The van der Waals surface area contributed by atoms with E-state index in [1.165, 1.54) is 30.0 Å². The van der Waals surface area contributed by atoms with E-state index in [0.29, 0.717) is 23.0 Å². The van der Waals surface area contributed by atoms with Crippen LogP contribution in [0, 0.1) is 5.82 Å². The van der Waals surface area contributed by atoms with E-state index in [0.717, 1.165) is 28.7 Å². The highest BCUT2D eigenvalue weighted by Gasteiger charge is 2.30. The smallest absolute Gasteiger partial charge is 0.313 e. The first kappa shape index (κ1) is 19.4. The lowest BCUT2D eigenvalue weighted by Gasteiger charge is -2.10. The number of aromatic nitrogens is 3. The summed E-state index contributed by atoms with van der Waals surface area (Å²) < 4.78 is 54.0. The summed E-state index contributed by atoms with van der Waals surface area (Å²) in [6.45, 7) is 0.452. The number of thioether (sulfide) groups is 1. The lowest BCUT2D eigenvalue weighted by molar-refractivity contribution is -0.137. The van der Waals surface area contributed by atoms with Crippen LogP contribution in [-0.2, 0) is 18.5 Å². The predicted molar refractivity (Wildman–Crippen MR) is 104 cm³/mol. The zero-order valence-electron chi connectivity index (χ0n) is 15.0. The molecule has 4 aromatic rings. The molecule has 0 fully saturated rings. The minimum atomic E-state index is -4.37. The fourth-order valence-electron chi connectivity index (χ4n) is 2.97. The van der Waals surface area contributed by atoms with Gasteiger partial charge in [0.1, 0.15) is 5.82 Å². The number of halogens is 4. The molecule has 2 aromatic heterocycles. The molecular weight excluding hydrogens is 402 g/mol. The van der Waals surface area contributed by atoms with Gasteiger partial charge in [0.25, 0.3) is 0 Å². The van der Waals surface area contributed by atoms with Crippen molar-refractivity contribution in [1.29, 1.82) is 0 Å². The van der Waals surface area contributed by atoms with Gasteiger partial charge in [0.2, 0.25) is 0 Å². The van der Waals surface area contributed by atoms with E-state index < -0.39 is 11.7 Å². The van der Waals surface area contributed by atoms with E-state index in [4.69, 9.17) is 0 Å². The summed E-state index contributed by atoms with van der Waals surface area (Å²) in [6, 6.07) is 13.2. The van der Waals surface area contributed by atoms with Gasteiger partial charge in [-0.05, 0) is 35.4 Å². The number of benzene rings is 2. The van der Waals surface area contributed by atoms with Crippen molar-refractivity contribution in [2.24, 2.45) is 0 Å². The van der Waals surface area contributed by atoms with Crippen LogP contribution in [0.2, 0.25) is 0 Å². The monoisotopic (exact) mass is 417 g/mol. The lowest BCUT2D eigenvalue weighted by atomic mass is 10.1. The second kappa shape index (κ2) is 7.87. The van der Waals surface area contributed by atoms with E-state index in [-0.39, 0.29) is 5.82 Å². The molecule has 0 spiro atoms. The average Bonchev–Trinajstić information content (AvgIpc) is 3.05. The van der Waals surface area contributed by atoms with E-state index in [1.54, 1.807) is 36.7 Å². The molecule has 29 heavy (non-hydrogen) atoms. The minimum Gasteiger partial charge on any atom is -0.313 e. The standard InChI is InChI=1S/C21H15F4N3S/c22-17-6-4-14(5-7-17)12-28-19-11-26-9-8-18(19)27-20(28)29-13-15-2-1-3-16(10-15)21(23,24)25/h1-11H,12-13H2. The van der Waals surface area contributed by atoms with Gasteiger partial charge in [0.15, 0.2) is 5.16 Å². The number of rotatable bonds is 5. The maximum absolute atomic E-state index is 13.2. The Morgan fingerprint density at radius 1 is 0.966 bits per heavy atom. The van der Waals surface area contributed by atoms with Crippen molar-refractivity contribution in [3.63, 3.8) is 0 Å². The third-order valence-corrected chi connectivity index (χ3v) is 5.44. The van der Waals surface area contributed by atoms with Crippen LogP contribution in [0.25, 0.3) is 11.0 Å². The molecule has 0 saturated heterocycles. The molecule has 0 unspecified atom stereocenters. The third-order valence-electron chi connectivity index (χ3n) is 4.39. The van der Waals surface area contributed by atoms with Crippen molar-refractivity contribution in [3.8, 4) is 0 Å². The average molecular weight is 417 g/mol. The molecule has 0 aliphatic rings. The molecule has 0 radical (unpaired) electrons. The van der Waals surface area contributed by atoms with Crippen molar-refractivity contribution in [3.05, 3.63) is 89.5 Å². The summed E-state index contributed by atoms with van der Waals surface area (Å²) in [4.78, 5) is 8.75. The van der Waals surface area contributed by atoms with Crippen molar-refractivity contribution >= 4 is 22.8 Å². The summed E-state index contributed by atoms with van der Waals surface area (Å²) in [5, 5.41) is 0.662. The summed E-state index contributed by atoms with van der Waals surface area (Å²) in [5.74, 6) is 0.0226. The quantitative estimate of drug-likeness (QED) is 0.298. The first-order valence-electron chi connectivity index (χ1n) is 8.74. The number of pyridine rings is 1. The minimum absolute atomic E-state index is 0.315. The Labute approximate surface area is 168 Å². The van der Waals surface area contributed by atoms with Crippen molar-refractivity contribution in [2.45, 2.75) is 23.6 Å². The summed E-state index contributed by atoms with van der Waals surface area (Å²) in [6.07, 6.45) is -1.04. The topological polar surface area (TPSA) is 30.7 Å². The van der Waals surface area contributed by atoms with Crippen LogP contribution in [0.3, 0.4) is 0 Å². The van der Waals surface area contributed by atoms with Crippen LogP contribution >= 0.6 is 11.8 Å². The van der Waals surface area contributed by atoms with Crippen molar-refractivity contribution in [2.75, 3.05) is 0 Å². The lowest BCUT2D eigenvalue weighted by Crippen LogP contribution is -2.05. The van der Waals surface area contributed by atoms with Crippen LogP contribution in [0.4, 0.5) is 17.6 Å². The normalized spacial score (nSPS) is 11.9. The van der Waals surface area contributed by atoms with Crippen LogP contribution in [0.1, 0.15) is 16.7 Å². The largest absolute Gasteiger partial charge is 0.416 e. The SMILES string of the molecule is Fc1ccc(Cn2c(SCc3cccc(C(F)(F)F)c3)nc3ccncc32)cc1. The highest BCUT2D eigenvalue weighted by atomic mass is 32.2. The van der Waals surface area contributed by atoms with E-state index in [9.17, 15) is 17.6 Å². The molecule has 3 nitrogen and oxygen atoms in total. The molecule has 4 rings (SSSR count). The van der Waals surface area contributed by atoms with Gasteiger partial charge < -0.3 is 4.57 Å². The Morgan fingerprint density at radius 2 is 1.76 bits per heavy atom. The zero-order chi connectivity index (χ0) is 20.4. The number of alkyl halides is 3. The van der Waals surface area contributed by atoms with Crippen molar-refractivity contribution < 1.29 is 17.6 Å². The van der Waals surface area contributed by atoms with E-state index in [2.05, 4.69) is 9.97 Å². The Kier molecular flexibility index (Phi) is 5.27. The van der Waals surface area contributed by atoms with E-state index >= 15 is 0 Å². The highest BCUT2D eigenvalue weighted by molar-refractivity contribution is 7.98. The molecular formula is C21H15F4N3S. The van der Waals surface area contributed by atoms with Crippen molar-refractivity contribution in [1.82, 2.24) is 14.5 Å². The second-order valence-corrected chi connectivity index (χ2v) is 7.40. The zero-order valence-corrected chi connectivity index (χ0v) is 15.8. The number of hydrogen-bond donors (Lipinski definition) is 0. The fraction of sp³-hybridized carbons (Fsp3) is 0.143. The van der Waals surface area contributed by atoms with Gasteiger partial charge in [-0.15, -0.1) is 0 Å². The van der Waals surface area contributed by atoms with Crippen LogP contribution in [0.5, 0.6) is 0 Å². The maximum atomic E-state index is 13.2. The number of nitrogens with zero attached hydrogens (tertiary/aromatic N) is 3. The van der Waals surface area contributed by atoms with E-state index in [1.807, 2.05) is 4.57 Å². The Hall–Kier alpha value is -2.87. The summed E-state index contributed by atoms with van der Waals surface area (Å²) in [7, 11) is 0. The van der Waals surface area contributed by atoms with Crippen LogP contribution in [-0.4, -0.2) is 14.5 Å². The first-order chi connectivity index (χ1) is 13.9. The molecule has 0 saturated carbocycles. The third kappa shape index (κ3) is 4.42. The second-order valence-electron chi connectivity index (χ2n) is 6.46. The maximum Gasteiger partial charge on any atom is 0.416 e. The van der Waals surface area contributed by atoms with Gasteiger partial charge in [-0.25, -0.2) is 9.37 Å². The van der Waals surface area contributed by atoms with Crippen LogP contribution < -0.4 is 0 Å². The molecule has 0 aliphatic heterocycles. The molecule has 8 heteroatoms. The summed E-state index contributed by atoms with van der Waals surface area (Å²) >= 11 is 1.35. The van der Waals surface area contributed by atoms with Crippen LogP contribution in [0.15, 0.2) is 72.1 Å². The Balaban J connectivity index is 1.62. The summed E-state index contributed by atoms with van der Waals surface area (Å²) in [5.41, 5.74) is 2.33. The molecule has 0 atom stereocenters. The fourth-order valence-corrected chi connectivity index (χ4v) is 3.93.